The van der Waals surface area contributed by atoms with Gasteiger partial charge >= 0.3 is 0 Å². The van der Waals surface area contributed by atoms with Gasteiger partial charge in [0.05, 0.1) is 6.21 Å². The molecular weight excluding hydrogens is 280 g/mol. The van der Waals surface area contributed by atoms with Crippen LogP contribution in [0.2, 0.25) is 0 Å². The maximum absolute atomic E-state index is 9.38. The molecule has 2 rings (SSSR count). The number of rotatable bonds is 6. The fourth-order valence-electron chi connectivity index (χ4n) is 2.07. The van der Waals surface area contributed by atoms with Crippen LogP contribution < -0.4 is 5.43 Å². The summed E-state index contributed by atoms with van der Waals surface area (Å²) in [5.41, 5.74) is 3.61. The van der Waals surface area contributed by atoms with Gasteiger partial charge in [0.15, 0.2) is 0 Å². The molecule has 1 aromatic heterocycles. The fraction of sp³-hybridized carbons (Fsp3) is 0.312. The highest BCUT2D eigenvalue weighted by Crippen LogP contribution is 2.27. The first-order valence-electron chi connectivity index (χ1n) is 7.16. The third-order valence-electron chi connectivity index (χ3n) is 3.33. The predicted molar refractivity (Wildman–Crippen MR) is 83.9 cm³/mol. The van der Waals surface area contributed by atoms with Crippen molar-refractivity contribution in [1.29, 1.82) is 5.26 Å². The topological polar surface area (TPSA) is 94.4 Å². The molecule has 22 heavy (non-hydrogen) atoms. The van der Waals surface area contributed by atoms with E-state index in [9.17, 15) is 5.11 Å². The van der Waals surface area contributed by atoms with Gasteiger partial charge < -0.3 is 9.52 Å². The molecule has 0 aliphatic rings. The summed E-state index contributed by atoms with van der Waals surface area (Å²) in [7, 11) is 0. The van der Waals surface area contributed by atoms with Crippen LogP contribution in [0.3, 0.4) is 0 Å². The number of hydrogen-bond donors (Lipinski definition) is 2. The van der Waals surface area contributed by atoms with Crippen molar-refractivity contribution in [3.8, 4) is 11.8 Å². The highest BCUT2D eigenvalue weighted by molar-refractivity contribution is 5.80. The van der Waals surface area contributed by atoms with Crippen molar-refractivity contribution < 1.29 is 9.52 Å². The summed E-state index contributed by atoms with van der Waals surface area (Å²) in [4.78, 5) is 4.21. The van der Waals surface area contributed by atoms with E-state index in [0.29, 0.717) is 5.89 Å². The average Bonchev–Trinajstić information content (AvgIpc) is 2.92. The molecule has 0 fully saturated rings. The number of aromatic hydroxyl groups is 1. The van der Waals surface area contributed by atoms with Crippen molar-refractivity contribution >= 4 is 12.1 Å². The van der Waals surface area contributed by atoms with Crippen molar-refractivity contribution in [3.63, 3.8) is 0 Å². The molecule has 1 aromatic carbocycles. The summed E-state index contributed by atoms with van der Waals surface area (Å²) < 4.78 is 5.60. The second-order valence-corrected chi connectivity index (χ2v) is 4.82. The Hall–Kier alpha value is -2.81. The second-order valence-electron chi connectivity index (χ2n) is 4.82. The molecule has 114 valence electrons. The molecule has 6 heteroatoms. The zero-order chi connectivity index (χ0) is 15.9. The molecule has 0 atom stereocenters. The molecule has 0 unspecified atom stereocenters. The Bertz CT molecular complexity index is 696. The smallest absolute Gasteiger partial charge is 0.252 e. The Morgan fingerprint density at radius 1 is 1.45 bits per heavy atom. The van der Waals surface area contributed by atoms with Gasteiger partial charge in [-0.3, -0.25) is 0 Å². The molecular formula is C16H18N4O2. The molecule has 6 nitrogen and oxygen atoms in total. The third-order valence-corrected chi connectivity index (χ3v) is 3.33. The molecule has 0 radical (unpaired) electrons. The lowest BCUT2D eigenvalue weighted by Gasteiger charge is -2.05. The van der Waals surface area contributed by atoms with Gasteiger partial charge in [-0.25, -0.2) is 10.4 Å². The summed E-state index contributed by atoms with van der Waals surface area (Å²) in [6, 6.07) is 8.67. The van der Waals surface area contributed by atoms with E-state index in [0.717, 1.165) is 18.4 Å². The minimum Gasteiger partial charge on any atom is -0.508 e. The van der Waals surface area contributed by atoms with Gasteiger partial charge in [0, 0.05) is 5.92 Å². The van der Waals surface area contributed by atoms with E-state index in [1.54, 1.807) is 24.3 Å². The Labute approximate surface area is 129 Å². The lowest BCUT2D eigenvalue weighted by molar-refractivity contribution is 0.439. The maximum Gasteiger partial charge on any atom is 0.252 e. The molecule has 2 N–H and O–H groups in total. The number of oxazole rings is 1. The number of nitrogens with one attached hydrogen (secondary N) is 1. The van der Waals surface area contributed by atoms with Crippen LogP contribution in [0.25, 0.3) is 0 Å². The van der Waals surface area contributed by atoms with Gasteiger partial charge in [0.1, 0.15) is 11.8 Å². The summed E-state index contributed by atoms with van der Waals surface area (Å²) >= 11 is 0. The number of hydrazone groups is 1. The SMILES string of the molecule is CCC(CC)c1nc(C#N)c(N/N=C/c2cccc(O)c2)o1. The van der Waals surface area contributed by atoms with Gasteiger partial charge in [0.2, 0.25) is 11.6 Å². The number of phenols is 1. The molecule has 0 bridgehead atoms. The number of benzene rings is 1. The zero-order valence-corrected chi connectivity index (χ0v) is 12.6. The molecule has 0 saturated heterocycles. The quantitative estimate of drug-likeness (QED) is 0.627. The van der Waals surface area contributed by atoms with Crippen LogP contribution in [-0.4, -0.2) is 16.3 Å². The van der Waals surface area contributed by atoms with Gasteiger partial charge in [-0.05, 0) is 30.5 Å². The van der Waals surface area contributed by atoms with E-state index in [1.807, 2.05) is 6.07 Å². The van der Waals surface area contributed by atoms with Gasteiger partial charge in [0.25, 0.3) is 5.88 Å². The number of aromatic nitrogens is 1. The van der Waals surface area contributed by atoms with E-state index in [1.165, 1.54) is 6.21 Å². The normalized spacial score (nSPS) is 11.0. The minimum atomic E-state index is 0.164. The summed E-state index contributed by atoms with van der Waals surface area (Å²) in [6.45, 7) is 4.11. The molecule has 0 aliphatic carbocycles. The first kappa shape index (κ1) is 15.6. The molecule has 0 aliphatic heterocycles. The van der Waals surface area contributed by atoms with Crippen molar-refractivity contribution in [1.82, 2.24) is 4.98 Å². The highest BCUT2D eigenvalue weighted by Gasteiger charge is 2.18. The van der Waals surface area contributed by atoms with Gasteiger partial charge in [-0.1, -0.05) is 26.0 Å². The molecule has 0 spiro atoms. The van der Waals surface area contributed by atoms with E-state index in [2.05, 4.69) is 29.4 Å². The monoisotopic (exact) mass is 298 g/mol. The van der Waals surface area contributed by atoms with Crippen LogP contribution in [-0.2, 0) is 0 Å². The summed E-state index contributed by atoms with van der Waals surface area (Å²) in [5.74, 6) is 1.15. The third kappa shape index (κ3) is 3.64. The Morgan fingerprint density at radius 3 is 2.86 bits per heavy atom. The molecule has 2 aromatic rings. The van der Waals surface area contributed by atoms with Crippen LogP contribution >= 0.6 is 0 Å². The Morgan fingerprint density at radius 2 is 2.23 bits per heavy atom. The number of phenolic OH excluding ortho intramolecular Hbond substituents is 1. The van der Waals surface area contributed by atoms with E-state index in [-0.39, 0.29) is 23.2 Å². The minimum absolute atomic E-state index is 0.164. The van der Waals surface area contributed by atoms with Crippen LogP contribution in [0, 0.1) is 11.3 Å². The predicted octanol–water partition coefficient (Wildman–Crippen LogP) is 3.60. The molecule has 0 amide bonds. The van der Waals surface area contributed by atoms with Crippen molar-refractivity contribution in [2.45, 2.75) is 32.6 Å². The van der Waals surface area contributed by atoms with Crippen molar-refractivity contribution in [2.75, 3.05) is 5.43 Å². The highest BCUT2D eigenvalue weighted by atomic mass is 16.4. The average molecular weight is 298 g/mol. The second kappa shape index (κ2) is 7.27. The lowest BCUT2D eigenvalue weighted by Crippen LogP contribution is -1.95. The van der Waals surface area contributed by atoms with Crippen molar-refractivity contribution in [3.05, 3.63) is 41.4 Å². The van der Waals surface area contributed by atoms with Crippen LogP contribution in [0.15, 0.2) is 33.8 Å². The first-order chi connectivity index (χ1) is 10.7. The van der Waals surface area contributed by atoms with Crippen LogP contribution in [0.1, 0.15) is 49.8 Å². The van der Waals surface area contributed by atoms with E-state index >= 15 is 0 Å². The number of hydrogen-bond acceptors (Lipinski definition) is 6. The molecule has 0 saturated carbocycles. The lowest BCUT2D eigenvalue weighted by atomic mass is 10.0. The largest absolute Gasteiger partial charge is 0.508 e. The maximum atomic E-state index is 9.38. The summed E-state index contributed by atoms with van der Waals surface area (Å²) in [5, 5.41) is 22.5. The Kier molecular flexibility index (Phi) is 5.15. The van der Waals surface area contributed by atoms with Gasteiger partial charge in [-0.2, -0.15) is 10.4 Å². The van der Waals surface area contributed by atoms with E-state index < -0.39 is 0 Å². The van der Waals surface area contributed by atoms with Crippen molar-refractivity contribution in [2.24, 2.45) is 5.10 Å². The first-order valence-corrected chi connectivity index (χ1v) is 7.16. The molecule has 1 heterocycles. The zero-order valence-electron chi connectivity index (χ0n) is 12.6. The fourth-order valence-corrected chi connectivity index (χ4v) is 2.07. The number of nitriles is 1. The van der Waals surface area contributed by atoms with Crippen LogP contribution in [0.5, 0.6) is 5.75 Å². The standard InChI is InChI=1S/C16H18N4O2/c1-3-12(4-2)15-19-14(9-17)16(22-15)20-18-10-11-6-5-7-13(21)8-11/h5-8,10,12,20-21H,3-4H2,1-2H3/b18-10+. The number of nitrogens with zero attached hydrogens (tertiary/aromatic N) is 3. The van der Waals surface area contributed by atoms with E-state index in [4.69, 9.17) is 9.68 Å². The van der Waals surface area contributed by atoms with Crippen LogP contribution in [0.4, 0.5) is 5.88 Å². The summed E-state index contributed by atoms with van der Waals surface area (Å²) in [6.07, 6.45) is 3.32. The Balaban J connectivity index is 2.14. The number of anilines is 1. The van der Waals surface area contributed by atoms with Gasteiger partial charge in [-0.15, -0.1) is 0 Å².